The molecule has 192 valence electrons. The van der Waals surface area contributed by atoms with Crippen LogP contribution in [-0.4, -0.2) is 22.0 Å². The molecule has 0 radical (unpaired) electrons. The predicted molar refractivity (Wildman–Crippen MR) is 148 cm³/mol. The van der Waals surface area contributed by atoms with Crippen molar-refractivity contribution in [1.29, 1.82) is 0 Å². The average molecular weight is 535 g/mol. The van der Waals surface area contributed by atoms with Crippen LogP contribution in [0.3, 0.4) is 0 Å². The van der Waals surface area contributed by atoms with Gasteiger partial charge in [-0.2, -0.15) is 0 Å². The number of amides is 2. The highest BCUT2D eigenvalue weighted by atomic mass is 32.1. The van der Waals surface area contributed by atoms with E-state index in [4.69, 9.17) is 4.42 Å². The van der Waals surface area contributed by atoms with Gasteiger partial charge in [-0.15, -0.1) is 10.2 Å². The largest absolute Gasteiger partial charge is 0.450 e. The van der Waals surface area contributed by atoms with Crippen LogP contribution >= 0.6 is 11.3 Å². The molecule has 7 rings (SSSR count). The molecule has 0 saturated carbocycles. The van der Waals surface area contributed by atoms with E-state index in [1.165, 1.54) is 16.2 Å². The second-order valence-corrected chi connectivity index (χ2v) is 10.8. The van der Waals surface area contributed by atoms with E-state index in [2.05, 4.69) is 10.2 Å². The fourth-order valence-corrected chi connectivity index (χ4v) is 6.57. The lowest BCUT2D eigenvalue weighted by Crippen LogP contribution is -2.53. The maximum atomic E-state index is 14.8. The van der Waals surface area contributed by atoms with E-state index >= 15 is 0 Å². The molecule has 39 heavy (non-hydrogen) atoms. The summed E-state index contributed by atoms with van der Waals surface area (Å²) in [5, 5.41) is 9.79. The van der Waals surface area contributed by atoms with E-state index in [-0.39, 0.29) is 28.6 Å². The highest BCUT2D eigenvalue weighted by Crippen LogP contribution is 2.54. The summed E-state index contributed by atoms with van der Waals surface area (Å²) < 4.78 is 6.10. The van der Waals surface area contributed by atoms with Crippen LogP contribution in [0.2, 0.25) is 0 Å². The number of hydrogen-bond acceptors (Lipinski definition) is 7. The molecule has 0 fully saturated rings. The van der Waals surface area contributed by atoms with E-state index in [9.17, 15) is 14.4 Å². The quantitative estimate of drug-likeness (QED) is 0.323. The number of fused-ring (bicyclic) bond motifs is 5. The Kier molecular flexibility index (Phi) is 5.08. The zero-order valence-electron chi connectivity index (χ0n) is 21.2. The number of carbonyl (C=O) groups excluding carboxylic acids is 2. The normalized spacial score (nSPS) is 17.9. The molecule has 1 spiro atoms. The van der Waals surface area contributed by atoms with Crippen LogP contribution in [-0.2, 0) is 23.3 Å². The van der Waals surface area contributed by atoms with E-state index in [1.54, 1.807) is 35.2 Å². The first-order chi connectivity index (χ1) is 18.9. The number of anilines is 2. The monoisotopic (exact) mass is 534 g/mol. The molecule has 3 aromatic carbocycles. The van der Waals surface area contributed by atoms with Crippen molar-refractivity contribution in [3.05, 3.63) is 116 Å². The molecule has 2 aliphatic rings. The number of aryl methyl sites for hydroxylation is 2. The molecule has 0 bridgehead atoms. The highest BCUT2D eigenvalue weighted by Gasteiger charge is 2.66. The van der Waals surface area contributed by atoms with Gasteiger partial charge in [-0.3, -0.25) is 19.3 Å². The third kappa shape index (κ3) is 3.13. The molecule has 9 heteroatoms. The predicted octanol–water partition coefficient (Wildman–Crippen LogP) is 4.97. The number of nitrogens with zero attached hydrogens (tertiary/aromatic N) is 4. The van der Waals surface area contributed by atoms with Crippen molar-refractivity contribution < 1.29 is 14.0 Å². The second-order valence-electron chi connectivity index (χ2n) is 9.71. The van der Waals surface area contributed by atoms with Gasteiger partial charge in [0.15, 0.2) is 11.0 Å². The average Bonchev–Trinajstić information content (AvgIpc) is 3.59. The van der Waals surface area contributed by atoms with Gasteiger partial charge in [-0.05, 0) is 37.1 Å². The zero-order valence-corrected chi connectivity index (χ0v) is 22.0. The zero-order chi connectivity index (χ0) is 26.9. The maximum absolute atomic E-state index is 14.8. The van der Waals surface area contributed by atoms with E-state index in [0.717, 1.165) is 11.1 Å². The number of rotatable bonds is 4. The molecule has 1 unspecified atom stereocenters. The fourth-order valence-electron chi connectivity index (χ4n) is 5.74. The van der Waals surface area contributed by atoms with E-state index in [0.29, 0.717) is 28.1 Å². The van der Waals surface area contributed by atoms with Crippen molar-refractivity contribution >= 4 is 44.9 Å². The van der Waals surface area contributed by atoms with Crippen LogP contribution in [0, 0.1) is 6.92 Å². The Labute approximate surface area is 227 Å². The van der Waals surface area contributed by atoms with E-state index < -0.39 is 22.8 Å². The molecule has 2 amide bonds. The van der Waals surface area contributed by atoms with Crippen molar-refractivity contribution in [1.82, 2.24) is 10.2 Å². The number of aromatic nitrogens is 2. The topological polar surface area (TPSA) is 96.6 Å². The first-order valence-corrected chi connectivity index (χ1v) is 13.5. The fraction of sp³-hybridized carbons (Fsp3) is 0.167. The summed E-state index contributed by atoms with van der Waals surface area (Å²) in [5.41, 5.74) is 1.27. The van der Waals surface area contributed by atoms with Gasteiger partial charge in [0.2, 0.25) is 10.9 Å². The Bertz CT molecular complexity index is 1890. The van der Waals surface area contributed by atoms with Gasteiger partial charge in [0, 0.05) is 5.56 Å². The van der Waals surface area contributed by atoms with Crippen LogP contribution in [0.5, 0.6) is 0 Å². The summed E-state index contributed by atoms with van der Waals surface area (Å²) in [6, 6.07) is 22.0. The number of benzene rings is 3. The van der Waals surface area contributed by atoms with Crippen molar-refractivity contribution in [2.45, 2.75) is 32.4 Å². The lowest BCUT2D eigenvalue weighted by molar-refractivity contribution is -0.121. The second kappa shape index (κ2) is 8.44. The minimum absolute atomic E-state index is 0.0173. The Morgan fingerprint density at radius 3 is 2.54 bits per heavy atom. The molecule has 5 aromatic rings. The maximum Gasteiger partial charge on any atom is 0.297 e. The highest BCUT2D eigenvalue weighted by molar-refractivity contribution is 7.15. The van der Waals surface area contributed by atoms with Crippen LogP contribution < -0.4 is 15.2 Å². The summed E-state index contributed by atoms with van der Waals surface area (Å²) in [4.78, 5) is 46.2. The van der Waals surface area contributed by atoms with Crippen molar-refractivity contribution in [3.8, 4) is 0 Å². The Hall–Kier alpha value is -4.63. The summed E-state index contributed by atoms with van der Waals surface area (Å²) >= 11 is 1.23. The molecule has 4 heterocycles. The third-order valence-electron chi connectivity index (χ3n) is 7.40. The molecular weight excluding hydrogens is 512 g/mol. The first kappa shape index (κ1) is 23.5. The van der Waals surface area contributed by atoms with Crippen LogP contribution in [0.4, 0.5) is 10.8 Å². The van der Waals surface area contributed by atoms with Gasteiger partial charge in [-0.1, -0.05) is 78.4 Å². The SMILES string of the molecule is CCc1nnc(N2C(=O)c3oc4ccccc4c(=O)c3C23C(=O)N(Cc2cccc(C)c2)c2ccccc23)s1. The molecule has 0 N–H and O–H groups in total. The first-order valence-electron chi connectivity index (χ1n) is 12.7. The van der Waals surface area contributed by atoms with Gasteiger partial charge in [0.05, 0.1) is 23.2 Å². The standard InChI is InChI=1S/C30H22N4O4S/c1-3-23-31-32-29(39-23)34-27(36)26-24(25(35)19-11-4-7-14-22(19)38-26)30(34)20-12-5-6-13-21(20)33(28(30)37)16-18-10-8-9-17(2)15-18/h4-15H,3,16H2,1-2H3. The molecular formula is C30H22N4O4S. The van der Waals surface area contributed by atoms with Gasteiger partial charge < -0.3 is 9.32 Å². The van der Waals surface area contributed by atoms with Gasteiger partial charge >= 0.3 is 0 Å². The summed E-state index contributed by atoms with van der Waals surface area (Å²) in [6.45, 7) is 4.21. The number of para-hydroxylation sites is 2. The molecule has 2 aliphatic heterocycles. The lowest BCUT2D eigenvalue weighted by Gasteiger charge is -2.32. The summed E-state index contributed by atoms with van der Waals surface area (Å²) in [6.07, 6.45) is 0.616. The molecule has 0 aliphatic carbocycles. The third-order valence-corrected chi connectivity index (χ3v) is 8.46. The minimum Gasteiger partial charge on any atom is -0.450 e. The minimum atomic E-state index is -1.78. The van der Waals surface area contributed by atoms with Crippen molar-refractivity contribution in [3.63, 3.8) is 0 Å². The Morgan fingerprint density at radius 2 is 1.74 bits per heavy atom. The van der Waals surface area contributed by atoms with Gasteiger partial charge in [0.25, 0.3) is 11.8 Å². The van der Waals surface area contributed by atoms with Crippen LogP contribution in [0.15, 0.2) is 82.0 Å². The van der Waals surface area contributed by atoms with E-state index in [1.807, 2.05) is 56.3 Å². The Morgan fingerprint density at radius 1 is 0.949 bits per heavy atom. The molecule has 1 atom stereocenters. The van der Waals surface area contributed by atoms with Gasteiger partial charge in [-0.25, -0.2) is 0 Å². The van der Waals surface area contributed by atoms with Crippen LogP contribution in [0.25, 0.3) is 11.0 Å². The van der Waals surface area contributed by atoms with Gasteiger partial charge in [0.1, 0.15) is 10.6 Å². The summed E-state index contributed by atoms with van der Waals surface area (Å²) in [7, 11) is 0. The smallest absolute Gasteiger partial charge is 0.297 e. The molecule has 0 saturated heterocycles. The molecule has 2 aromatic heterocycles. The lowest BCUT2D eigenvalue weighted by atomic mass is 9.84. The number of hydrogen-bond donors (Lipinski definition) is 0. The van der Waals surface area contributed by atoms with Crippen molar-refractivity contribution in [2.24, 2.45) is 0 Å². The summed E-state index contributed by atoms with van der Waals surface area (Å²) in [5.74, 6) is -1.15. The van der Waals surface area contributed by atoms with Crippen molar-refractivity contribution in [2.75, 3.05) is 9.80 Å². The molecule has 8 nitrogen and oxygen atoms in total. The van der Waals surface area contributed by atoms with Crippen LogP contribution in [0.1, 0.15) is 44.7 Å². The Balaban J connectivity index is 1.55. The number of carbonyl (C=O) groups is 2.